The van der Waals surface area contributed by atoms with Crippen LogP contribution in [0.2, 0.25) is 0 Å². The fourth-order valence-electron chi connectivity index (χ4n) is 3.83. The SMILES string of the molecule is CC[C@@H](C)c1ccc(NC(=O)C[NH+]2CC[NH+](C/C=C/c3ccccc3)CC2)cc1. The van der Waals surface area contributed by atoms with Crippen molar-refractivity contribution in [3.63, 3.8) is 0 Å². The molecule has 0 saturated carbocycles. The number of quaternary nitrogens is 2. The molecule has 0 aliphatic carbocycles. The maximum atomic E-state index is 12.4. The third-order valence-electron chi connectivity index (χ3n) is 5.97. The molecule has 1 atom stereocenters. The van der Waals surface area contributed by atoms with Crippen molar-refractivity contribution in [2.75, 3.05) is 44.6 Å². The second kappa shape index (κ2) is 10.9. The van der Waals surface area contributed by atoms with Gasteiger partial charge in [0.05, 0.1) is 6.54 Å². The van der Waals surface area contributed by atoms with Crippen LogP contribution in [0.5, 0.6) is 0 Å². The van der Waals surface area contributed by atoms with E-state index in [9.17, 15) is 4.79 Å². The minimum Gasteiger partial charge on any atom is -0.322 e. The van der Waals surface area contributed by atoms with Gasteiger partial charge in [-0.2, -0.15) is 0 Å². The Morgan fingerprint density at radius 3 is 2.31 bits per heavy atom. The van der Waals surface area contributed by atoms with Crippen molar-refractivity contribution in [2.24, 2.45) is 0 Å². The van der Waals surface area contributed by atoms with Crippen LogP contribution < -0.4 is 15.1 Å². The van der Waals surface area contributed by atoms with Gasteiger partial charge >= 0.3 is 0 Å². The van der Waals surface area contributed by atoms with Crippen molar-refractivity contribution in [2.45, 2.75) is 26.2 Å². The molecule has 3 rings (SSSR count). The van der Waals surface area contributed by atoms with E-state index in [2.05, 4.69) is 67.7 Å². The van der Waals surface area contributed by atoms with Crippen LogP contribution in [-0.4, -0.2) is 45.2 Å². The molecule has 1 aliphatic heterocycles. The van der Waals surface area contributed by atoms with Gasteiger partial charge in [-0.1, -0.05) is 62.4 Å². The van der Waals surface area contributed by atoms with Gasteiger partial charge in [0.25, 0.3) is 5.91 Å². The van der Waals surface area contributed by atoms with Gasteiger partial charge < -0.3 is 15.1 Å². The van der Waals surface area contributed by atoms with Crippen LogP contribution in [0.1, 0.15) is 37.3 Å². The number of hydrogen-bond acceptors (Lipinski definition) is 1. The number of benzene rings is 2. The van der Waals surface area contributed by atoms with Crippen LogP contribution in [0.4, 0.5) is 5.69 Å². The van der Waals surface area contributed by atoms with Gasteiger partial charge in [-0.25, -0.2) is 0 Å². The molecule has 4 nitrogen and oxygen atoms in total. The molecule has 0 unspecified atom stereocenters. The summed E-state index contributed by atoms with van der Waals surface area (Å²) in [5.41, 5.74) is 3.48. The molecule has 154 valence electrons. The number of anilines is 1. The molecular weight excluding hydrogens is 358 g/mol. The summed E-state index contributed by atoms with van der Waals surface area (Å²) in [4.78, 5) is 15.4. The van der Waals surface area contributed by atoms with E-state index in [0.29, 0.717) is 12.5 Å². The molecule has 3 N–H and O–H groups in total. The number of hydrogen-bond donors (Lipinski definition) is 3. The third kappa shape index (κ3) is 6.84. The van der Waals surface area contributed by atoms with Crippen molar-refractivity contribution in [3.05, 3.63) is 71.8 Å². The Morgan fingerprint density at radius 2 is 1.66 bits per heavy atom. The molecule has 0 spiro atoms. The Bertz CT molecular complexity index is 777. The molecule has 0 radical (unpaired) electrons. The summed E-state index contributed by atoms with van der Waals surface area (Å²) in [5.74, 6) is 0.675. The van der Waals surface area contributed by atoms with E-state index < -0.39 is 0 Å². The highest BCUT2D eigenvalue weighted by Crippen LogP contribution is 2.20. The number of rotatable bonds is 8. The average molecular weight is 394 g/mol. The highest BCUT2D eigenvalue weighted by atomic mass is 16.2. The van der Waals surface area contributed by atoms with Gasteiger partial charge in [-0.3, -0.25) is 4.79 Å². The molecule has 1 heterocycles. The van der Waals surface area contributed by atoms with Crippen molar-refractivity contribution in [1.29, 1.82) is 0 Å². The molecule has 29 heavy (non-hydrogen) atoms. The molecule has 2 aromatic carbocycles. The number of piperazine rings is 1. The summed E-state index contributed by atoms with van der Waals surface area (Å²) in [6.07, 6.45) is 5.60. The van der Waals surface area contributed by atoms with Crippen LogP contribution in [0.15, 0.2) is 60.7 Å². The Hall–Kier alpha value is -2.43. The second-order valence-corrected chi connectivity index (χ2v) is 8.17. The van der Waals surface area contributed by atoms with E-state index in [1.165, 1.54) is 16.0 Å². The minimum absolute atomic E-state index is 0.115. The second-order valence-electron chi connectivity index (χ2n) is 8.17. The Kier molecular flexibility index (Phi) is 8.03. The molecule has 2 aromatic rings. The predicted molar refractivity (Wildman–Crippen MR) is 120 cm³/mol. The normalized spacial score (nSPS) is 20.5. The first-order valence-corrected chi connectivity index (χ1v) is 10.9. The standard InChI is InChI=1S/C25H33N3O/c1-3-21(2)23-11-13-24(14-12-23)26-25(29)20-28-18-16-27(17-19-28)15-7-10-22-8-5-4-6-9-22/h4-14,21H,3,15-20H2,1-2H3,(H,26,29)/p+2/b10-7+/t21-/m1/s1. The van der Waals surface area contributed by atoms with Crippen LogP contribution in [0.3, 0.4) is 0 Å². The molecule has 1 fully saturated rings. The smallest absolute Gasteiger partial charge is 0.279 e. The lowest BCUT2D eigenvalue weighted by Gasteiger charge is -2.28. The molecular formula is C25H35N3O+2. The van der Waals surface area contributed by atoms with Gasteiger partial charge in [0.2, 0.25) is 0 Å². The largest absolute Gasteiger partial charge is 0.322 e. The lowest BCUT2D eigenvalue weighted by Crippen LogP contribution is -3.28. The van der Waals surface area contributed by atoms with Gasteiger partial charge in [0, 0.05) is 5.69 Å². The lowest BCUT2D eigenvalue weighted by atomic mass is 9.99. The van der Waals surface area contributed by atoms with E-state index in [4.69, 9.17) is 0 Å². The molecule has 1 aliphatic rings. The van der Waals surface area contributed by atoms with E-state index in [0.717, 1.165) is 44.8 Å². The van der Waals surface area contributed by atoms with Crippen molar-refractivity contribution >= 4 is 17.7 Å². The molecule has 0 aromatic heterocycles. The maximum Gasteiger partial charge on any atom is 0.279 e. The monoisotopic (exact) mass is 393 g/mol. The highest BCUT2D eigenvalue weighted by molar-refractivity contribution is 5.91. The van der Waals surface area contributed by atoms with Crippen molar-refractivity contribution in [1.82, 2.24) is 0 Å². The number of carbonyl (C=O) groups excluding carboxylic acids is 1. The van der Waals surface area contributed by atoms with E-state index in [-0.39, 0.29) is 5.91 Å². The predicted octanol–water partition coefficient (Wildman–Crippen LogP) is 1.64. The number of carbonyl (C=O) groups is 1. The minimum atomic E-state index is 0.115. The summed E-state index contributed by atoms with van der Waals surface area (Å²) >= 11 is 0. The zero-order chi connectivity index (χ0) is 20.5. The quantitative estimate of drug-likeness (QED) is 0.627. The molecule has 1 amide bonds. The van der Waals surface area contributed by atoms with Gasteiger partial charge in [-0.05, 0) is 41.7 Å². The summed E-state index contributed by atoms with van der Waals surface area (Å²) in [6.45, 7) is 10.4. The highest BCUT2D eigenvalue weighted by Gasteiger charge is 2.24. The van der Waals surface area contributed by atoms with Crippen LogP contribution in [-0.2, 0) is 4.79 Å². The fourth-order valence-corrected chi connectivity index (χ4v) is 3.83. The van der Waals surface area contributed by atoms with E-state index >= 15 is 0 Å². The van der Waals surface area contributed by atoms with Gasteiger partial charge in [-0.15, -0.1) is 0 Å². The zero-order valence-electron chi connectivity index (χ0n) is 17.8. The summed E-state index contributed by atoms with van der Waals surface area (Å²) in [7, 11) is 0. The summed E-state index contributed by atoms with van der Waals surface area (Å²) < 4.78 is 0. The van der Waals surface area contributed by atoms with Crippen LogP contribution in [0.25, 0.3) is 6.08 Å². The van der Waals surface area contributed by atoms with Gasteiger partial charge in [0.1, 0.15) is 26.2 Å². The summed E-state index contributed by atoms with van der Waals surface area (Å²) in [5, 5.41) is 3.06. The van der Waals surface area contributed by atoms with Crippen molar-refractivity contribution < 1.29 is 14.6 Å². The first-order chi connectivity index (χ1) is 14.1. The average Bonchev–Trinajstić information content (AvgIpc) is 2.75. The first-order valence-electron chi connectivity index (χ1n) is 10.9. The third-order valence-corrected chi connectivity index (χ3v) is 5.97. The maximum absolute atomic E-state index is 12.4. The molecule has 4 heteroatoms. The Morgan fingerprint density at radius 1 is 1.00 bits per heavy atom. The summed E-state index contributed by atoms with van der Waals surface area (Å²) in [6, 6.07) is 18.7. The van der Waals surface area contributed by atoms with E-state index in [1.54, 1.807) is 4.90 Å². The number of nitrogens with one attached hydrogen (secondary N) is 3. The Balaban J connectivity index is 1.37. The Labute approximate surface area is 175 Å². The molecule has 0 bridgehead atoms. The van der Waals surface area contributed by atoms with E-state index in [1.807, 2.05) is 18.2 Å². The number of amides is 1. The molecule has 1 saturated heterocycles. The zero-order valence-corrected chi connectivity index (χ0v) is 17.8. The topological polar surface area (TPSA) is 38.0 Å². The van der Waals surface area contributed by atoms with Gasteiger partial charge in [0.15, 0.2) is 6.54 Å². The fraction of sp³-hybridized carbons (Fsp3) is 0.400. The van der Waals surface area contributed by atoms with Crippen LogP contribution >= 0.6 is 0 Å². The lowest BCUT2D eigenvalue weighted by molar-refractivity contribution is -1.01. The van der Waals surface area contributed by atoms with Crippen LogP contribution in [0, 0.1) is 0 Å². The van der Waals surface area contributed by atoms with Crippen molar-refractivity contribution in [3.8, 4) is 0 Å². The first kappa shape index (κ1) is 21.3.